The Balaban J connectivity index is 1.78. The molecule has 0 saturated carbocycles. The average Bonchev–Trinajstić information content (AvgIpc) is 3.02. The van der Waals surface area contributed by atoms with Gasteiger partial charge in [-0.25, -0.2) is 0 Å². The molecule has 0 radical (unpaired) electrons. The van der Waals surface area contributed by atoms with E-state index in [2.05, 4.69) is 15.5 Å². The molecular formula is C18H14N4O2. The van der Waals surface area contributed by atoms with Crippen LogP contribution in [0.2, 0.25) is 0 Å². The summed E-state index contributed by atoms with van der Waals surface area (Å²) in [6.45, 7) is 3.97. The van der Waals surface area contributed by atoms with E-state index in [4.69, 9.17) is 9.68 Å². The lowest BCUT2D eigenvalue weighted by atomic mass is 10.1. The first kappa shape index (κ1) is 15.4. The number of hydrogen-bond donors (Lipinski definition) is 1. The number of nitriles is 1. The maximum atomic E-state index is 12.1. The van der Waals surface area contributed by atoms with E-state index in [-0.39, 0.29) is 11.9 Å². The van der Waals surface area contributed by atoms with Crippen molar-refractivity contribution in [2.24, 2.45) is 0 Å². The van der Waals surface area contributed by atoms with Crippen molar-refractivity contribution < 1.29 is 9.21 Å². The summed E-state index contributed by atoms with van der Waals surface area (Å²) < 4.78 is 5.51. The van der Waals surface area contributed by atoms with Gasteiger partial charge in [0.15, 0.2) is 0 Å². The lowest BCUT2D eigenvalue weighted by Crippen LogP contribution is -2.11. The predicted octanol–water partition coefficient (Wildman–Crippen LogP) is 3.48. The third-order valence-electron chi connectivity index (χ3n) is 3.39. The number of hydrogen-bond acceptors (Lipinski definition) is 5. The van der Waals surface area contributed by atoms with Crippen LogP contribution in [-0.4, -0.2) is 16.1 Å². The van der Waals surface area contributed by atoms with Crippen LogP contribution in [0.4, 0.5) is 6.01 Å². The molecule has 1 aromatic heterocycles. The van der Waals surface area contributed by atoms with Gasteiger partial charge < -0.3 is 4.42 Å². The fourth-order valence-electron chi connectivity index (χ4n) is 2.35. The summed E-state index contributed by atoms with van der Waals surface area (Å²) in [7, 11) is 0. The Morgan fingerprint density at radius 1 is 1.08 bits per heavy atom. The van der Waals surface area contributed by atoms with Crippen LogP contribution in [0.15, 0.2) is 46.9 Å². The van der Waals surface area contributed by atoms with Crippen LogP contribution in [-0.2, 0) is 0 Å². The highest BCUT2D eigenvalue weighted by Gasteiger charge is 2.13. The highest BCUT2D eigenvalue weighted by Crippen LogP contribution is 2.22. The number of aryl methyl sites for hydroxylation is 2. The van der Waals surface area contributed by atoms with E-state index in [9.17, 15) is 4.79 Å². The summed E-state index contributed by atoms with van der Waals surface area (Å²) >= 11 is 0. The molecule has 3 aromatic rings. The maximum Gasteiger partial charge on any atom is 0.322 e. The molecule has 0 bridgehead atoms. The Bertz CT molecular complexity index is 916. The van der Waals surface area contributed by atoms with Crippen LogP contribution in [0.5, 0.6) is 0 Å². The molecule has 0 aliphatic carbocycles. The van der Waals surface area contributed by atoms with Crippen molar-refractivity contribution in [2.75, 3.05) is 5.32 Å². The molecule has 3 rings (SSSR count). The minimum absolute atomic E-state index is 0.0264. The first-order valence-corrected chi connectivity index (χ1v) is 7.29. The van der Waals surface area contributed by atoms with Crippen LogP contribution < -0.4 is 5.32 Å². The summed E-state index contributed by atoms with van der Waals surface area (Å²) in [5, 5.41) is 19.1. The molecule has 6 heteroatoms. The molecule has 2 aromatic carbocycles. The van der Waals surface area contributed by atoms with Gasteiger partial charge in [-0.1, -0.05) is 22.3 Å². The van der Waals surface area contributed by atoms with Crippen LogP contribution in [0.1, 0.15) is 27.0 Å². The van der Waals surface area contributed by atoms with Crippen molar-refractivity contribution >= 4 is 11.9 Å². The van der Waals surface area contributed by atoms with Crippen molar-refractivity contribution in [3.8, 4) is 17.5 Å². The van der Waals surface area contributed by atoms with E-state index in [1.807, 2.05) is 38.1 Å². The number of carbonyl (C=O) groups excluding carboxylic acids is 1. The first-order valence-electron chi connectivity index (χ1n) is 7.29. The number of rotatable bonds is 3. The van der Waals surface area contributed by atoms with Gasteiger partial charge in [0.2, 0.25) is 5.89 Å². The minimum atomic E-state index is -0.380. The molecule has 0 aliphatic rings. The molecule has 0 saturated heterocycles. The molecule has 24 heavy (non-hydrogen) atoms. The zero-order chi connectivity index (χ0) is 17.1. The van der Waals surface area contributed by atoms with Gasteiger partial charge >= 0.3 is 6.01 Å². The lowest BCUT2D eigenvalue weighted by molar-refractivity contribution is 0.102. The Labute approximate surface area is 138 Å². The molecule has 1 heterocycles. The Morgan fingerprint density at radius 3 is 2.38 bits per heavy atom. The van der Waals surface area contributed by atoms with E-state index < -0.39 is 0 Å². The quantitative estimate of drug-likeness (QED) is 0.798. The standard InChI is InChI=1S/C18H14N4O2/c1-11-7-12(2)9-15(8-11)17-21-22-18(24-17)20-16(23)14-5-3-13(10-19)4-6-14/h3-9H,1-2H3,(H,20,22,23). The fraction of sp³-hybridized carbons (Fsp3) is 0.111. The molecule has 1 N–H and O–H groups in total. The number of carbonyl (C=O) groups is 1. The molecule has 118 valence electrons. The highest BCUT2D eigenvalue weighted by molar-refractivity contribution is 6.03. The summed E-state index contributed by atoms with van der Waals surface area (Å²) in [4.78, 5) is 12.1. The third kappa shape index (κ3) is 3.31. The number of aromatic nitrogens is 2. The molecule has 0 aliphatic heterocycles. The Morgan fingerprint density at radius 2 is 1.75 bits per heavy atom. The summed E-state index contributed by atoms with van der Waals surface area (Å²) in [6.07, 6.45) is 0. The molecule has 0 fully saturated rings. The zero-order valence-corrected chi connectivity index (χ0v) is 13.2. The summed E-state index contributed by atoms with van der Waals surface area (Å²) in [5.74, 6) is -0.0351. The van der Waals surface area contributed by atoms with E-state index in [1.54, 1.807) is 24.3 Å². The van der Waals surface area contributed by atoms with Crippen molar-refractivity contribution in [3.05, 3.63) is 64.7 Å². The largest absolute Gasteiger partial charge is 0.403 e. The van der Waals surface area contributed by atoms with Gasteiger partial charge in [0.25, 0.3) is 5.91 Å². The molecule has 0 spiro atoms. The maximum absolute atomic E-state index is 12.1. The first-order chi connectivity index (χ1) is 11.5. The minimum Gasteiger partial charge on any atom is -0.403 e. The lowest BCUT2D eigenvalue weighted by Gasteiger charge is -2.01. The summed E-state index contributed by atoms with van der Waals surface area (Å²) in [6, 6.07) is 14.2. The number of amides is 1. The Hall–Kier alpha value is -3.46. The molecular weight excluding hydrogens is 304 g/mol. The van der Waals surface area contributed by atoms with E-state index in [0.29, 0.717) is 17.0 Å². The van der Waals surface area contributed by atoms with Crippen LogP contribution in [0.3, 0.4) is 0 Å². The molecule has 0 atom stereocenters. The normalized spacial score (nSPS) is 10.2. The van der Waals surface area contributed by atoms with Gasteiger partial charge in [0, 0.05) is 11.1 Å². The molecule has 1 amide bonds. The smallest absolute Gasteiger partial charge is 0.322 e. The molecule has 6 nitrogen and oxygen atoms in total. The van der Waals surface area contributed by atoms with Gasteiger partial charge in [-0.05, 0) is 50.2 Å². The van der Waals surface area contributed by atoms with Crippen molar-refractivity contribution in [1.29, 1.82) is 5.26 Å². The van der Waals surface area contributed by atoms with Gasteiger partial charge in [0.05, 0.1) is 11.6 Å². The van der Waals surface area contributed by atoms with E-state index in [1.165, 1.54) is 0 Å². The van der Waals surface area contributed by atoms with Crippen molar-refractivity contribution in [1.82, 2.24) is 10.2 Å². The Kier molecular flexibility index (Phi) is 4.08. The van der Waals surface area contributed by atoms with Gasteiger partial charge in [0.1, 0.15) is 0 Å². The van der Waals surface area contributed by atoms with E-state index in [0.717, 1.165) is 16.7 Å². The second-order valence-corrected chi connectivity index (χ2v) is 5.43. The number of nitrogens with zero attached hydrogens (tertiary/aromatic N) is 3. The topological polar surface area (TPSA) is 91.8 Å². The predicted molar refractivity (Wildman–Crippen MR) is 88.3 cm³/mol. The van der Waals surface area contributed by atoms with Gasteiger partial charge in [-0.2, -0.15) is 5.26 Å². The highest BCUT2D eigenvalue weighted by atomic mass is 16.4. The number of nitrogens with one attached hydrogen (secondary N) is 1. The van der Waals surface area contributed by atoms with Crippen molar-refractivity contribution in [3.63, 3.8) is 0 Å². The second-order valence-electron chi connectivity index (χ2n) is 5.43. The second kappa shape index (κ2) is 6.34. The van der Waals surface area contributed by atoms with Crippen LogP contribution in [0.25, 0.3) is 11.5 Å². The van der Waals surface area contributed by atoms with Crippen LogP contribution in [0, 0.1) is 25.2 Å². The monoisotopic (exact) mass is 318 g/mol. The van der Waals surface area contributed by atoms with Crippen molar-refractivity contribution in [2.45, 2.75) is 13.8 Å². The van der Waals surface area contributed by atoms with Gasteiger partial charge in [-0.15, -0.1) is 5.10 Å². The average molecular weight is 318 g/mol. The SMILES string of the molecule is Cc1cc(C)cc(-c2nnc(NC(=O)c3ccc(C#N)cc3)o2)c1. The molecule has 0 unspecified atom stereocenters. The van der Waals surface area contributed by atoms with E-state index >= 15 is 0 Å². The number of benzene rings is 2. The zero-order valence-electron chi connectivity index (χ0n) is 13.2. The number of anilines is 1. The van der Waals surface area contributed by atoms with Crippen LogP contribution >= 0.6 is 0 Å². The third-order valence-corrected chi connectivity index (χ3v) is 3.39. The van der Waals surface area contributed by atoms with Gasteiger partial charge in [-0.3, -0.25) is 10.1 Å². The fourth-order valence-corrected chi connectivity index (χ4v) is 2.35. The summed E-state index contributed by atoms with van der Waals surface area (Å²) in [5.41, 5.74) is 3.87.